The zero-order valence-corrected chi connectivity index (χ0v) is 11.2. The molecule has 1 unspecified atom stereocenters. The molecule has 96 valence electrons. The van der Waals surface area contributed by atoms with Gasteiger partial charge in [0.25, 0.3) is 0 Å². The summed E-state index contributed by atoms with van der Waals surface area (Å²) in [5.74, 6) is 1.41. The van der Waals surface area contributed by atoms with E-state index in [1.165, 1.54) is 5.56 Å². The number of hydrogen-bond acceptors (Lipinski definition) is 3. The van der Waals surface area contributed by atoms with Gasteiger partial charge in [-0.05, 0) is 24.5 Å². The standard InChI is InChI=1S/C14H23NO2/c1-10(2)12-5-6-13(14(7-12)17-4)9-15-8-11(3)16/h5-7,10-11,15-16H,8-9H2,1-4H3. The number of hydrogen-bond donors (Lipinski definition) is 2. The largest absolute Gasteiger partial charge is 0.496 e. The Bertz CT molecular complexity index is 348. The highest BCUT2D eigenvalue weighted by Gasteiger charge is 2.06. The fraction of sp³-hybridized carbons (Fsp3) is 0.571. The Balaban J connectivity index is 2.71. The first-order valence-electron chi connectivity index (χ1n) is 6.10. The molecule has 0 aliphatic heterocycles. The highest BCUT2D eigenvalue weighted by atomic mass is 16.5. The van der Waals surface area contributed by atoms with Crippen LogP contribution in [0.2, 0.25) is 0 Å². The van der Waals surface area contributed by atoms with Crippen molar-refractivity contribution in [3.8, 4) is 5.75 Å². The lowest BCUT2D eigenvalue weighted by Gasteiger charge is -2.13. The van der Waals surface area contributed by atoms with Gasteiger partial charge in [0.2, 0.25) is 0 Å². The number of ether oxygens (including phenoxy) is 1. The summed E-state index contributed by atoms with van der Waals surface area (Å²) in [6, 6.07) is 6.31. The Morgan fingerprint density at radius 2 is 2.00 bits per heavy atom. The summed E-state index contributed by atoms with van der Waals surface area (Å²) in [5, 5.41) is 12.4. The Morgan fingerprint density at radius 3 is 2.53 bits per heavy atom. The maximum atomic E-state index is 9.18. The van der Waals surface area contributed by atoms with Gasteiger partial charge < -0.3 is 15.2 Å². The molecular weight excluding hydrogens is 214 g/mol. The number of benzene rings is 1. The van der Waals surface area contributed by atoms with Crippen LogP contribution >= 0.6 is 0 Å². The van der Waals surface area contributed by atoms with Crippen LogP contribution in [-0.2, 0) is 6.54 Å². The molecule has 0 saturated heterocycles. The van der Waals surface area contributed by atoms with Crippen molar-refractivity contribution >= 4 is 0 Å². The SMILES string of the molecule is COc1cc(C(C)C)ccc1CNCC(C)O. The van der Waals surface area contributed by atoms with Crippen molar-refractivity contribution in [3.05, 3.63) is 29.3 Å². The first kappa shape index (κ1) is 14.0. The maximum absolute atomic E-state index is 9.18. The van der Waals surface area contributed by atoms with Gasteiger partial charge in [0.1, 0.15) is 5.75 Å². The molecule has 0 aromatic heterocycles. The molecule has 0 radical (unpaired) electrons. The van der Waals surface area contributed by atoms with Gasteiger partial charge in [-0.1, -0.05) is 26.0 Å². The van der Waals surface area contributed by atoms with Gasteiger partial charge in [-0.3, -0.25) is 0 Å². The van der Waals surface area contributed by atoms with E-state index in [2.05, 4.69) is 37.4 Å². The van der Waals surface area contributed by atoms with E-state index in [-0.39, 0.29) is 6.10 Å². The van der Waals surface area contributed by atoms with Crippen molar-refractivity contribution in [2.45, 2.75) is 39.3 Å². The lowest BCUT2D eigenvalue weighted by atomic mass is 10.0. The number of methoxy groups -OCH3 is 1. The van der Waals surface area contributed by atoms with Crippen molar-refractivity contribution in [2.75, 3.05) is 13.7 Å². The topological polar surface area (TPSA) is 41.5 Å². The summed E-state index contributed by atoms with van der Waals surface area (Å²) in [7, 11) is 1.69. The first-order valence-corrected chi connectivity index (χ1v) is 6.10. The van der Waals surface area contributed by atoms with Crippen LogP contribution in [0.1, 0.15) is 37.8 Å². The van der Waals surface area contributed by atoms with Gasteiger partial charge in [0.15, 0.2) is 0 Å². The summed E-state index contributed by atoms with van der Waals surface area (Å²) in [6.45, 7) is 7.41. The average molecular weight is 237 g/mol. The molecule has 0 fully saturated rings. The number of aliphatic hydroxyl groups is 1. The molecule has 1 aromatic carbocycles. The van der Waals surface area contributed by atoms with Gasteiger partial charge in [0.05, 0.1) is 13.2 Å². The second-order valence-corrected chi connectivity index (χ2v) is 4.71. The third kappa shape index (κ3) is 4.36. The van der Waals surface area contributed by atoms with E-state index in [1.54, 1.807) is 14.0 Å². The van der Waals surface area contributed by atoms with Gasteiger partial charge in [0, 0.05) is 18.7 Å². The minimum Gasteiger partial charge on any atom is -0.496 e. The summed E-state index contributed by atoms with van der Waals surface area (Å²) in [5.41, 5.74) is 2.40. The summed E-state index contributed by atoms with van der Waals surface area (Å²) in [6.07, 6.45) is -0.323. The van der Waals surface area contributed by atoms with Crippen LogP contribution in [0, 0.1) is 0 Å². The molecule has 3 nitrogen and oxygen atoms in total. The average Bonchev–Trinajstić information content (AvgIpc) is 2.28. The Hall–Kier alpha value is -1.06. The highest BCUT2D eigenvalue weighted by Crippen LogP contribution is 2.24. The normalized spacial score (nSPS) is 12.8. The number of rotatable bonds is 6. The van der Waals surface area contributed by atoms with Gasteiger partial charge in [-0.15, -0.1) is 0 Å². The predicted molar refractivity (Wildman–Crippen MR) is 70.5 cm³/mol. The van der Waals surface area contributed by atoms with Crippen molar-refractivity contribution in [1.29, 1.82) is 0 Å². The number of nitrogens with one attached hydrogen (secondary N) is 1. The number of aliphatic hydroxyl groups excluding tert-OH is 1. The monoisotopic (exact) mass is 237 g/mol. The van der Waals surface area contributed by atoms with Crippen LogP contribution < -0.4 is 10.1 Å². The second kappa shape index (κ2) is 6.62. The lowest BCUT2D eigenvalue weighted by Crippen LogP contribution is -2.24. The predicted octanol–water partition coefficient (Wildman–Crippen LogP) is 2.29. The van der Waals surface area contributed by atoms with Crippen LogP contribution in [0.25, 0.3) is 0 Å². The zero-order chi connectivity index (χ0) is 12.8. The first-order chi connectivity index (χ1) is 8.04. The quantitative estimate of drug-likeness (QED) is 0.797. The molecule has 17 heavy (non-hydrogen) atoms. The lowest BCUT2D eigenvalue weighted by molar-refractivity contribution is 0.191. The van der Waals surface area contributed by atoms with Crippen LogP contribution in [0.4, 0.5) is 0 Å². The van der Waals surface area contributed by atoms with Crippen molar-refractivity contribution in [1.82, 2.24) is 5.32 Å². The van der Waals surface area contributed by atoms with Crippen LogP contribution in [-0.4, -0.2) is 24.9 Å². The second-order valence-electron chi connectivity index (χ2n) is 4.71. The molecule has 0 bridgehead atoms. The molecule has 0 amide bonds. The molecule has 3 heteroatoms. The highest BCUT2D eigenvalue weighted by molar-refractivity contribution is 5.38. The molecule has 1 atom stereocenters. The Labute approximate surface area is 104 Å². The molecule has 0 heterocycles. The zero-order valence-electron chi connectivity index (χ0n) is 11.2. The van der Waals surface area contributed by atoms with E-state index >= 15 is 0 Å². The Morgan fingerprint density at radius 1 is 1.29 bits per heavy atom. The molecule has 1 rings (SSSR count). The molecule has 0 saturated carbocycles. The smallest absolute Gasteiger partial charge is 0.123 e. The molecule has 2 N–H and O–H groups in total. The van der Waals surface area contributed by atoms with E-state index < -0.39 is 0 Å². The fourth-order valence-electron chi connectivity index (χ4n) is 1.68. The van der Waals surface area contributed by atoms with Gasteiger partial charge in [-0.2, -0.15) is 0 Å². The summed E-state index contributed by atoms with van der Waals surface area (Å²) < 4.78 is 5.39. The van der Waals surface area contributed by atoms with Crippen molar-refractivity contribution in [2.24, 2.45) is 0 Å². The minimum atomic E-state index is -0.323. The molecule has 0 aliphatic rings. The van der Waals surface area contributed by atoms with Crippen LogP contribution in [0.15, 0.2) is 18.2 Å². The molecule has 0 spiro atoms. The molecule has 0 aliphatic carbocycles. The van der Waals surface area contributed by atoms with Gasteiger partial charge in [-0.25, -0.2) is 0 Å². The summed E-state index contributed by atoms with van der Waals surface area (Å²) >= 11 is 0. The minimum absolute atomic E-state index is 0.323. The van der Waals surface area contributed by atoms with Crippen molar-refractivity contribution < 1.29 is 9.84 Å². The molecular formula is C14H23NO2. The maximum Gasteiger partial charge on any atom is 0.123 e. The van der Waals surface area contributed by atoms with Gasteiger partial charge >= 0.3 is 0 Å². The Kier molecular flexibility index (Phi) is 5.45. The third-order valence-corrected chi connectivity index (χ3v) is 2.73. The summed E-state index contributed by atoms with van der Waals surface area (Å²) in [4.78, 5) is 0. The fourth-order valence-corrected chi connectivity index (χ4v) is 1.68. The molecule has 1 aromatic rings. The van der Waals surface area contributed by atoms with Crippen molar-refractivity contribution in [3.63, 3.8) is 0 Å². The van der Waals surface area contributed by atoms with Crippen LogP contribution in [0.3, 0.4) is 0 Å². The third-order valence-electron chi connectivity index (χ3n) is 2.73. The van der Waals surface area contributed by atoms with E-state index in [0.717, 1.165) is 11.3 Å². The van der Waals surface area contributed by atoms with Crippen LogP contribution in [0.5, 0.6) is 5.75 Å². The van der Waals surface area contributed by atoms with E-state index in [1.807, 2.05) is 0 Å². The van der Waals surface area contributed by atoms with E-state index in [0.29, 0.717) is 19.0 Å². The van der Waals surface area contributed by atoms with E-state index in [9.17, 15) is 5.11 Å². The van der Waals surface area contributed by atoms with E-state index in [4.69, 9.17) is 4.74 Å².